The van der Waals surface area contributed by atoms with Gasteiger partial charge in [0.05, 0.1) is 6.10 Å². The van der Waals surface area contributed by atoms with Crippen LogP contribution in [0.4, 0.5) is 4.39 Å². The van der Waals surface area contributed by atoms with Gasteiger partial charge in [0, 0.05) is 10.0 Å². The summed E-state index contributed by atoms with van der Waals surface area (Å²) in [6, 6.07) is 4.78. The van der Waals surface area contributed by atoms with E-state index in [1.807, 2.05) is 0 Å². The summed E-state index contributed by atoms with van der Waals surface area (Å²) in [5, 5.41) is 10.2. The molecule has 0 saturated heterocycles. The molecular weight excluding hydrogens is 271 g/mol. The second-order valence-electron chi connectivity index (χ2n) is 5.10. The minimum absolute atomic E-state index is 0.257. The molecule has 2 aliphatic rings. The van der Waals surface area contributed by atoms with Gasteiger partial charge in [-0.25, -0.2) is 4.39 Å². The molecule has 0 bridgehead atoms. The van der Waals surface area contributed by atoms with Crippen molar-refractivity contribution in [1.29, 1.82) is 0 Å². The molecule has 86 valence electrons. The summed E-state index contributed by atoms with van der Waals surface area (Å²) in [7, 11) is 0. The van der Waals surface area contributed by atoms with E-state index in [1.165, 1.54) is 12.5 Å². The summed E-state index contributed by atoms with van der Waals surface area (Å²) < 4.78 is 14.4. The summed E-state index contributed by atoms with van der Waals surface area (Å²) in [4.78, 5) is 0. The van der Waals surface area contributed by atoms with Crippen LogP contribution in [0.25, 0.3) is 0 Å². The van der Waals surface area contributed by atoms with Crippen molar-refractivity contribution in [2.45, 2.75) is 25.4 Å². The lowest BCUT2D eigenvalue weighted by Crippen LogP contribution is -2.12. The van der Waals surface area contributed by atoms with Gasteiger partial charge in [-0.05, 0) is 55.2 Å². The maximum absolute atomic E-state index is 13.6. The lowest BCUT2D eigenvalue weighted by Gasteiger charge is -2.20. The Morgan fingerprint density at radius 1 is 1.25 bits per heavy atom. The van der Waals surface area contributed by atoms with E-state index in [-0.39, 0.29) is 11.7 Å². The minimum Gasteiger partial charge on any atom is -0.388 e. The topological polar surface area (TPSA) is 20.2 Å². The third kappa shape index (κ3) is 1.80. The monoisotopic (exact) mass is 284 g/mol. The van der Waals surface area contributed by atoms with Gasteiger partial charge in [0.2, 0.25) is 0 Å². The van der Waals surface area contributed by atoms with Crippen molar-refractivity contribution < 1.29 is 9.50 Å². The average molecular weight is 285 g/mol. The standard InChI is InChI=1S/C13H14BrFO/c14-10-1-2-12(15)11(6-10)13(16)9-4-7-3-8(7)5-9/h1-2,6-9,13,16H,3-5H2. The summed E-state index contributed by atoms with van der Waals surface area (Å²) >= 11 is 3.32. The normalized spacial score (nSPS) is 33.6. The zero-order valence-corrected chi connectivity index (χ0v) is 10.5. The van der Waals surface area contributed by atoms with Crippen LogP contribution in [0, 0.1) is 23.6 Å². The molecule has 16 heavy (non-hydrogen) atoms. The first kappa shape index (κ1) is 10.7. The number of fused-ring (bicyclic) bond motifs is 1. The molecule has 1 N–H and O–H groups in total. The Balaban J connectivity index is 1.82. The first-order chi connectivity index (χ1) is 7.65. The quantitative estimate of drug-likeness (QED) is 0.879. The van der Waals surface area contributed by atoms with E-state index in [2.05, 4.69) is 15.9 Å². The van der Waals surface area contributed by atoms with E-state index >= 15 is 0 Å². The molecule has 0 aromatic heterocycles. The van der Waals surface area contributed by atoms with Crippen LogP contribution in [0.2, 0.25) is 0 Å². The van der Waals surface area contributed by atoms with Crippen molar-refractivity contribution >= 4 is 15.9 Å². The molecule has 0 radical (unpaired) electrons. The van der Waals surface area contributed by atoms with Gasteiger partial charge in [0.15, 0.2) is 0 Å². The molecule has 1 aromatic rings. The number of rotatable bonds is 2. The van der Waals surface area contributed by atoms with E-state index < -0.39 is 6.10 Å². The molecular formula is C13H14BrFO. The van der Waals surface area contributed by atoms with Gasteiger partial charge in [-0.3, -0.25) is 0 Å². The van der Waals surface area contributed by atoms with Gasteiger partial charge in [-0.1, -0.05) is 15.9 Å². The lowest BCUT2D eigenvalue weighted by atomic mass is 9.91. The van der Waals surface area contributed by atoms with E-state index in [4.69, 9.17) is 0 Å². The summed E-state index contributed by atoms with van der Waals surface area (Å²) in [6.45, 7) is 0. The Hall–Kier alpha value is -0.410. The van der Waals surface area contributed by atoms with Crippen molar-refractivity contribution in [3.8, 4) is 0 Å². The second kappa shape index (κ2) is 3.81. The average Bonchev–Trinajstić information content (AvgIpc) is 2.88. The van der Waals surface area contributed by atoms with Gasteiger partial charge in [-0.2, -0.15) is 0 Å². The van der Waals surface area contributed by atoms with Crippen LogP contribution in [0.15, 0.2) is 22.7 Å². The Labute approximate surface area is 103 Å². The summed E-state index contributed by atoms with van der Waals surface area (Å²) in [5.41, 5.74) is 0.445. The van der Waals surface area contributed by atoms with Crippen LogP contribution < -0.4 is 0 Å². The van der Waals surface area contributed by atoms with Crippen LogP contribution in [-0.2, 0) is 0 Å². The predicted molar refractivity (Wildman–Crippen MR) is 63.4 cm³/mol. The van der Waals surface area contributed by atoms with Crippen molar-refractivity contribution in [3.05, 3.63) is 34.1 Å². The van der Waals surface area contributed by atoms with Gasteiger partial charge < -0.3 is 5.11 Å². The Morgan fingerprint density at radius 2 is 1.94 bits per heavy atom. The molecule has 2 saturated carbocycles. The number of benzene rings is 1. The number of aliphatic hydroxyl groups is 1. The molecule has 0 amide bonds. The fourth-order valence-electron chi connectivity index (χ4n) is 3.01. The molecule has 3 unspecified atom stereocenters. The van der Waals surface area contributed by atoms with Crippen LogP contribution in [-0.4, -0.2) is 5.11 Å². The Kier molecular flexibility index (Phi) is 2.55. The molecule has 2 fully saturated rings. The molecule has 3 atom stereocenters. The van der Waals surface area contributed by atoms with Crippen LogP contribution in [0.3, 0.4) is 0 Å². The smallest absolute Gasteiger partial charge is 0.129 e. The zero-order valence-electron chi connectivity index (χ0n) is 8.87. The van der Waals surface area contributed by atoms with Crippen molar-refractivity contribution in [1.82, 2.24) is 0 Å². The molecule has 3 rings (SSSR count). The molecule has 1 nitrogen and oxygen atoms in total. The third-order valence-electron chi connectivity index (χ3n) is 4.00. The molecule has 1 aromatic carbocycles. The lowest BCUT2D eigenvalue weighted by molar-refractivity contribution is 0.101. The van der Waals surface area contributed by atoms with Gasteiger partial charge >= 0.3 is 0 Å². The molecule has 0 heterocycles. The highest BCUT2D eigenvalue weighted by atomic mass is 79.9. The zero-order chi connectivity index (χ0) is 11.3. The Morgan fingerprint density at radius 3 is 2.62 bits per heavy atom. The minimum atomic E-state index is -0.634. The largest absolute Gasteiger partial charge is 0.388 e. The van der Waals surface area contributed by atoms with E-state index in [1.54, 1.807) is 12.1 Å². The summed E-state index contributed by atoms with van der Waals surface area (Å²) in [5.74, 6) is 1.59. The number of halogens is 2. The predicted octanol–water partition coefficient (Wildman–Crippen LogP) is 3.67. The first-order valence-corrected chi connectivity index (χ1v) is 6.57. The van der Waals surface area contributed by atoms with Gasteiger partial charge in [0.25, 0.3) is 0 Å². The number of hydrogen-bond donors (Lipinski definition) is 1. The number of hydrogen-bond acceptors (Lipinski definition) is 1. The van der Waals surface area contributed by atoms with Crippen LogP contribution in [0.1, 0.15) is 30.9 Å². The maximum atomic E-state index is 13.6. The third-order valence-corrected chi connectivity index (χ3v) is 4.50. The van der Waals surface area contributed by atoms with Crippen molar-refractivity contribution in [2.75, 3.05) is 0 Å². The van der Waals surface area contributed by atoms with E-state index in [0.29, 0.717) is 5.56 Å². The second-order valence-corrected chi connectivity index (χ2v) is 6.01. The highest BCUT2D eigenvalue weighted by Crippen LogP contribution is 2.57. The summed E-state index contributed by atoms with van der Waals surface area (Å²) in [6.07, 6.45) is 2.82. The van der Waals surface area contributed by atoms with Crippen LogP contribution in [0.5, 0.6) is 0 Å². The van der Waals surface area contributed by atoms with Gasteiger partial charge in [-0.15, -0.1) is 0 Å². The molecule has 2 aliphatic carbocycles. The molecule has 0 aliphatic heterocycles. The van der Waals surface area contributed by atoms with E-state index in [0.717, 1.165) is 29.2 Å². The maximum Gasteiger partial charge on any atom is 0.129 e. The highest BCUT2D eigenvalue weighted by Gasteiger charge is 2.48. The highest BCUT2D eigenvalue weighted by molar-refractivity contribution is 9.10. The molecule has 3 heteroatoms. The van der Waals surface area contributed by atoms with Crippen molar-refractivity contribution in [3.63, 3.8) is 0 Å². The van der Waals surface area contributed by atoms with Gasteiger partial charge in [0.1, 0.15) is 5.82 Å². The molecule has 0 spiro atoms. The Bertz CT molecular complexity index is 410. The SMILES string of the molecule is OC(c1cc(Br)ccc1F)C1CC2CC2C1. The van der Waals surface area contributed by atoms with E-state index in [9.17, 15) is 9.50 Å². The number of aliphatic hydroxyl groups excluding tert-OH is 1. The fraction of sp³-hybridized carbons (Fsp3) is 0.538. The first-order valence-electron chi connectivity index (χ1n) is 5.78. The fourth-order valence-corrected chi connectivity index (χ4v) is 3.39. The van der Waals surface area contributed by atoms with Crippen molar-refractivity contribution in [2.24, 2.45) is 17.8 Å². The van der Waals surface area contributed by atoms with Crippen LogP contribution >= 0.6 is 15.9 Å².